The molecular formula is C24H30ClN5OS2. The van der Waals surface area contributed by atoms with Gasteiger partial charge in [-0.1, -0.05) is 74.2 Å². The van der Waals surface area contributed by atoms with E-state index in [2.05, 4.69) is 38.6 Å². The molecule has 2 heterocycles. The van der Waals surface area contributed by atoms with Crippen LogP contribution in [0.4, 0.5) is 5.13 Å². The first kappa shape index (κ1) is 25.5. The SMILES string of the molecule is C=CCn1c(CCCCCCC)nnc1SCC(=O)Nc1nc(-c2ccc(Cl)cc2)c(C)s1. The zero-order valence-corrected chi connectivity index (χ0v) is 21.5. The van der Waals surface area contributed by atoms with Crippen LogP contribution in [0.2, 0.25) is 5.02 Å². The summed E-state index contributed by atoms with van der Waals surface area (Å²) in [5.74, 6) is 1.07. The molecule has 176 valence electrons. The number of halogens is 1. The van der Waals surface area contributed by atoms with Crippen LogP contribution in [0.1, 0.15) is 49.7 Å². The Morgan fingerprint density at radius 3 is 2.70 bits per heavy atom. The summed E-state index contributed by atoms with van der Waals surface area (Å²) >= 11 is 8.82. The van der Waals surface area contributed by atoms with Crippen molar-refractivity contribution in [2.24, 2.45) is 0 Å². The van der Waals surface area contributed by atoms with Gasteiger partial charge >= 0.3 is 0 Å². The maximum atomic E-state index is 12.6. The number of nitrogens with zero attached hydrogens (tertiary/aromatic N) is 4. The molecule has 2 aromatic heterocycles. The fourth-order valence-corrected chi connectivity index (χ4v) is 5.17. The van der Waals surface area contributed by atoms with E-state index in [9.17, 15) is 4.79 Å². The number of thioether (sulfide) groups is 1. The van der Waals surface area contributed by atoms with Gasteiger partial charge in [-0.05, 0) is 25.5 Å². The van der Waals surface area contributed by atoms with E-state index in [0.29, 0.717) is 16.7 Å². The molecule has 0 fully saturated rings. The third-order valence-corrected chi connectivity index (χ3v) is 7.21. The molecule has 0 spiro atoms. The van der Waals surface area contributed by atoms with E-state index >= 15 is 0 Å². The number of amides is 1. The van der Waals surface area contributed by atoms with Gasteiger partial charge in [0.15, 0.2) is 10.3 Å². The van der Waals surface area contributed by atoms with Crippen LogP contribution in [0.5, 0.6) is 0 Å². The number of aromatic nitrogens is 4. The van der Waals surface area contributed by atoms with Crippen LogP contribution in [0, 0.1) is 6.92 Å². The Labute approximate surface area is 208 Å². The smallest absolute Gasteiger partial charge is 0.236 e. The minimum Gasteiger partial charge on any atom is -0.302 e. The number of carbonyl (C=O) groups is 1. The summed E-state index contributed by atoms with van der Waals surface area (Å²) in [5, 5.41) is 13.6. The molecular weight excluding hydrogens is 474 g/mol. The van der Waals surface area contributed by atoms with E-state index < -0.39 is 0 Å². The number of hydrogen-bond donors (Lipinski definition) is 1. The second-order valence-electron chi connectivity index (χ2n) is 7.73. The summed E-state index contributed by atoms with van der Waals surface area (Å²) in [7, 11) is 0. The van der Waals surface area contributed by atoms with Crippen molar-refractivity contribution in [1.82, 2.24) is 19.7 Å². The molecule has 1 aromatic carbocycles. The molecule has 0 saturated carbocycles. The largest absolute Gasteiger partial charge is 0.302 e. The first-order chi connectivity index (χ1) is 16.0. The minimum absolute atomic E-state index is 0.120. The quantitative estimate of drug-likeness (QED) is 0.158. The molecule has 0 unspecified atom stereocenters. The van der Waals surface area contributed by atoms with Gasteiger partial charge in [-0.3, -0.25) is 4.79 Å². The Kier molecular flexibility index (Phi) is 9.96. The van der Waals surface area contributed by atoms with Crippen LogP contribution in [0.25, 0.3) is 11.3 Å². The lowest BCUT2D eigenvalue weighted by Gasteiger charge is -2.07. The third kappa shape index (κ3) is 7.42. The first-order valence-electron chi connectivity index (χ1n) is 11.2. The van der Waals surface area contributed by atoms with Gasteiger partial charge < -0.3 is 9.88 Å². The number of hydrogen-bond acceptors (Lipinski definition) is 6. The van der Waals surface area contributed by atoms with E-state index in [4.69, 9.17) is 11.6 Å². The second kappa shape index (κ2) is 12.9. The Bertz CT molecular complexity index is 1060. The Balaban J connectivity index is 1.57. The van der Waals surface area contributed by atoms with Crippen molar-refractivity contribution in [3.63, 3.8) is 0 Å². The minimum atomic E-state index is -0.120. The maximum absolute atomic E-state index is 12.6. The number of thiazole rings is 1. The van der Waals surface area contributed by atoms with Crippen LogP contribution in [-0.2, 0) is 17.8 Å². The van der Waals surface area contributed by atoms with Crippen LogP contribution >= 0.6 is 34.7 Å². The van der Waals surface area contributed by atoms with Gasteiger partial charge in [0.25, 0.3) is 0 Å². The number of carbonyl (C=O) groups excluding carboxylic acids is 1. The van der Waals surface area contributed by atoms with E-state index in [0.717, 1.165) is 40.0 Å². The maximum Gasteiger partial charge on any atom is 0.236 e. The van der Waals surface area contributed by atoms with Gasteiger partial charge in [0.2, 0.25) is 5.91 Å². The van der Waals surface area contributed by atoms with E-state index in [-0.39, 0.29) is 11.7 Å². The van der Waals surface area contributed by atoms with Gasteiger partial charge in [-0.15, -0.1) is 28.1 Å². The van der Waals surface area contributed by atoms with Crippen molar-refractivity contribution in [3.8, 4) is 11.3 Å². The number of rotatable bonds is 13. The standard InChI is InChI=1S/C24H30ClN5OS2/c1-4-6-7-8-9-10-20-28-29-24(30(20)15-5-2)32-16-21(31)26-23-27-22(17(3)33-23)18-11-13-19(25)14-12-18/h5,11-14H,2,4,6-10,15-16H2,1,3H3,(H,26,27,31). The molecule has 6 nitrogen and oxygen atoms in total. The molecule has 3 aromatic rings. The van der Waals surface area contributed by atoms with Gasteiger partial charge in [0.1, 0.15) is 5.82 Å². The lowest BCUT2D eigenvalue weighted by atomic mass is 10.1. The number of unbranched alkanes of at least 4 members (excludes halogenated alkanes) is 4. The van der Waals surface area contributed by atoms with E-state index in [1.165, 1.54) is 48.8 Å². The number of nitrogens with one attached hydrogen (secondary N) is 1. The summed E-state index contributed by atoms with van der Waals surface area (Å²) in [4.78, 5) is 18.2. The predicted octanol–water partition coefficient (Wildman–Crippen LogP) is 6.79. The van der Waals surface area contributed by atoms with Crippen molar-refractivity contribution in [1.29, 1.82) is 0 Å². The molecule has 0 saturated heterocycles. The van der Waals surface area contributed by atoms with Crippen molar-refractivity contribution >= 4 is 45.7 Å². The van der Waals surface area contributed by atoms with E-state index in [1.54, 1.807) is 0 Å². The molecule has 3 rings (SSSR count). The highest BCUT2D eigenvalue weighted by molar-refractivity contribution is 7.99. The summed E-state index contributed by atoms with van der Waals surface area (Å²) < 4.78 is 2.05. The van der Waals surface area contributed by atoms with Crippen molar-refractivity contribution < 1.29 is 4.79 Å². The number of benzene rings is 1. The highest BCUT2D eigenvalue weighted by atomic mass is 35.5. The highest BCUT2D eigenvalue weighted by Crippen LogP contribution is 2.31. The fourth-order valence-electron chi connectivity index (χ4n) is 3.42. The van der Waals surface area contributed by atoms with Gasteiger partial charge in [-0.2, -0.15) is 0 Å². The molecule has 0 aliphatic rings. The van der Waals surface area contributed by atoms with Crippen molar-refractivity contribution in [2.45, 2.75) is 64.1 Å². The zero-order valence-electron chi connectivity index (χ0n) is 19.1. The number of anilines is 1. The van der Waals surface area contributed by atoms with E-state index in [1.807, 2.05) is 37.3 Å². The molecule has 0 atom stereocenters. The highest BCUT2D eigenvalue weighted by Gasteiger charge is 2.15. The number of aryl methyl sites for hydroxylation is 2. The predicted molar refractivity (Wildman–Crippen MR) is 139 cm³/mol. The van der Waals surface area contributed by atoms with Crippen LogP contribution in [0.15, 0.2) is 42.1 Å². The number of allylic oxidation sites excluding steroid dienone is 1. The first-order valence-corrected chi connectivity index (χ1v) is 13.4. The van der Waals surface area contributed by atoms with Crippen LogP contribution < -0.4 is 5.32 Å². The Hall–Kier alpha value is -2.16. The van der Waals surface area contributed by atoms with Gasteiger partial charge in [0, 0.05) is 28.4 Å². The summed E-state index contributed by atoms with van der Waals surface area (Å²) in [6.07, 6.45) is 8.79. The fraction of sp³-hybridized carbons (Fsp3) is 0.417. The average Bonchev–Trinajstić information content (AvgIpc) is 3.35. The average molecular weight is 504 g/mol. The Morgan fingerprint density at radius 1 is 1.21 bits per heavy atom. The molecule has 0 aliphatic heterocycles. The van der Waals surface area contributed by atoms with Gasteiger partial charge in [-0.25, -0.2) is 4.98 Å². The molecule has 33 heavy (non-hydrogen) atoms. The molecule has 9 heteroatoms. The lowest BCUT2D eigenvalue weighted by Crippen LogP contribution is -2.14. The molecule has 1 N–H and O–H groups in total. The molecule has 0 aliphatic carbocycles. The zero-order chi connectivity index (χ0) is 23.6. The van der Waals surface area contributed by atoms with Crippen LogP contribution in [0.3, 0.4) is 0 Å². The van der Waals surface area contributed by atoms with Crippen LogP contribution in [-0.4, -0.2) is 31.4 Å². The molecule has 0 radical (unpaired) electrons. The summed E-state index contributed by atoms with van der Waals surface area (Å²) in [6.45, 7) is 8.70. The summed E-state index contributed by atoms with van der Waals surface area (Å²) in [5.41, 5.74) is 1.83. The Morgan fingerprint density at radius 2 is 1.97 bits per heavy atom. The topological polar surface area (TPSA) is 72.7 Å². The monoisotopic (exact) mass is 503 g/mol. The molecule has 0 bridgehead atoms. The third-order valence-electron chi connectivity index (χ3n) is 5.10. The lowest BCUT2D eigenvalue weighted by molar-refractivity contribution is -0.113. The van der Waals surface area contributed by atoms with Gasteiger partial charge in [0.05, 0.1) is 11.4 Å². The normalized spacial score (nSPS) is 11.0. The second-order valence-corrected chi connectivity index (χ2v) is 10.3. The molecule has 1 amide bonds. The van der Waals surface area contributed by atoms with Crippen molar-refractivity contribution in [3.05, 3.63) is 52.6 Å². The van der Waals surface area contributed by atoms with Crippen molar-refractivity contribution in [2.75, 3.05) is 11.1 Å². The summed E-state index contributed by atoms with van der Waals surface area (Å²) in [6, 6.07) is 7.53.